The van der Waals surface area contributed by atoms with Gasteiger partial charge in [0.05, 0.1) is 12.2 Å². The Hall–Kier alpha value is -3.53. The van der Waals surface area contributed by atoms with Crippen LogP contribution in [-0.2, 0) is 22.8 Å². The van der Waals surface area contributed by atoms with E-state index in [-0.39, 0.29) is 12.3 Å². The number of thioether (sulfide) groups is 1. The second-order valence-electron chi connectivity index (χ2n) is 6.73. The van der Waals surface area contributed by atoms with E-state index in [1.165, 1.54) is 16.3 Å². The second kappa shape index (κ2) is 8.07. The Morgan fingerprint density at radius 3 is 2.63 bits per heavy atom. The first kappa shape index (κ1) is 19.8. The number of carbonyl (C=O) groups excluding carboxylic acids is 1. The van der Waals surface area contributed by atoms with Crippen LogP contribution < -0.4 is 10.9 Å². The Bertz CT molecular complexity index is 1170. The SMILES string of the molecule is O=C(O)CNC(=O)c1c(O)c2c(n(Cc3ccc(-n4cccn4)cc3)c1=O)CSC2. The van der Waals surface area contributed by atoms with Crippen molar-refractivity contribution in [2.75, 3.05) is 6.54 Å². The van der Waals surface area contributed by atoms with Gasteiger partial charge in [0, 0.05) is 35.2 Å². The maximum Gasteiger partial charge on any atom is 0.322 e. The number of pyridine rings is 1. The molecule has 1 aliphatic heterocycles. The van der Waals surface area contributed by atoms with Crippen molar-refractivity contribution in [1.29, 1.82) is 0 Å². The highest BCUT2D eigenvalue weighted by molar-refractivity contribution is 7.98. The maximum absolute atomic E-state index is 13.1. The Morgan fingerprint density at radius 1 is 1.20 bits per heavy atom. The molecule has 0 radical (unpaired) electrons. The van der Waals surface area contributed by atoms with Gasteiger partial charge in [0.1, 0.15) is 17.9 Å². The molecule has 0 saturated carbocycles. The number of aromatic nitrogens is 3. The van der Waals surface area contributed by atoms with Gasteiger partial charge in [0.25, 0.3) is 11.5 Å². The monoisotopic (exact) mass is 426 g/mol. The zero-order chi connectivity index (χ0) is 21.3. The molecular formula is C20H18N4O5S. The van der Waals surface area contributed by atoms with Crippen molar-refractivity contribution >= 4 is 23.6 Å². The summed E-state index contributed by atoms with van der Waals surface area (Å²) in [6, 6.07) is 9.32. The summed E-state index contributed by atoms with van der Waals surface area (Å²) in [7, 11) is 0. The summed E-state index contributed by atoms with van der Waals surface area (Å²) in [4.78, 5) is 36.2. The van der Waals surface area contributed by atoms with Gasteiger partial charge in [-0.25, -0.2) is 4.68 Å². The maximum atomic E-state index is 13.1. The predicted molar refractivity (Wildman–Crippen MR) is 110 cm³/mol. The minimum Gasteiger partial charge on any atom is -0.507 e. The molecule has 3 aromatic rings. The Balaban J connectivity index is 1.70. The average Bonchev–Trinajstić information content (AvgIpc) is 3.42. The highest BCUT2D eigenvalue weighted by Gasteiger charge is 2.28. The van der Waals surface area contributed by atoms with E-state index in [4.69, 9.17) is 5.11 Å². The number of carboxylic acids is 1. The van der Waals surface area contributed by atoms with Crippen LogP contribution >= 0.6 is 11.8 Å². The summed E-state index contributed by atoms with van der Waals surface area (Å²) in [5.74, 6) is -1.49. The summed E-state index contributed by atoms with van der Waals surface area (Å²) in [5.41, 5.74) is 1.85. The molecule has 30 heavy (non-hydrogen) atoms. The van der Waals surface area contributed by atoms with Crippen molar-refractivity contribution in [3.63, 3.8) is 0 Å². The van der Waals surface area contributed by atoms with E-state index in [1.807, 2.05) is 36.5 Å². The molecule has 4 rings (SSSR count). The lowest BCUT2D eigenvalue weighted by atomic mass is 10.1. The lowest BCUT2D eigenvalue weighted by Gasteiger charge is -2.16. The number of amides is 1. The largest absolute Gasteiger partial charge is 0.507 e. The third-order valence-electron chi connectivity index (χ3n) is 4.81. The normalized spacial score (nSPS) is 12.5. The van der Waals surface area contributed by atoms with Gasteiger partial charge in [-0.15, -0.1) is 0 Å². The van der Waals surface area contributed by atoms with E-state index in [2.05, 4.69) is 10.4 Å². The first-order valence-electron chi connectivity index (χ1n) is 9.10. The Labute approximate surface area is 175 Å². The van der Waals surface area contributed by atoms with Crippen LogP contribution in [0.5, 0.6) is 5.75 Å². The van der Waals surface area contributed by atoms with Gasteiger partial charge in [-0.3, -0.25) is 14.4 Å². The van der Waals surface area contributed by atoms with Crippen LogP contribution in [0.3, 0.4) is 0 Å². The van der Waals surface area contributed by atoms with Crippen LogP contribution in [0.25, 0.3) is 5.69 Å². The topological polar surface area (TPSA) is 126 Å². The van der Waals surface area contributed by atoms with Crippen molar-refractivity contribution in [2.45, 2.75) is 18.1 Å². The number of hydrogen-bond donors (Lipinski definition) is 3. The van der Waals surface area contributed by atoms with Gasteiger partial charge >= 0.3 is 5.97 Å². The first-order valence-corrected chi connectivity index (χ1v) is 10.3. The molecule has 1 aliphatic rings. The van der Waals surface area contributed by atoms with Crippen LogP contribution in [-0.4, -0.2) is 43.0 Å². The van der Waals surface area contributed by atoms with Gasteiger partial charge in [-0.2, -0.15) is 16.9 Å². The number of nitrogens with zero attached hydrogens (tertiary/aromatic N) is 3. The first-order chi connectivity index (χ1) is 14.5. The summed E-state index contributed by atoms with van der Waals surface area (Å²) < 4.78 is 3.20. The summed E-state index contributed by atoms with van der Waals surface area (Å²) in [5, 5.41) is 25.6. The van der Waals surface area contributed by atoms with Crippen molar-refractivity contribution in [3.05, 3.63) is 75.5 Å². The minimum absolute atomic E-state index is 0.223. The molecule has 1 amide bonds. The zero-order valence-electron chi connectivity index (χ0n) is 15.7. The zero-order valence-corrected chi connectivity index (χ0v) is 16.6. The molecule has 0 atom stereocenters. The summed E-state index contributed by atoms with van der Waals surface area (Å²) in [6.45, 7) is -0.418. The third kappa shape index (κ3) is 3.69. The molecule has 0 aliphatic carbocycles. The van der Waals surface area contributed by atoms with Crippen LogP contribution in [0.1, 0.15) is 27.2 Å². The molecule has 2 aromatic heterocycles. The summed E-state index contributed by atoms with van der Waals surface area (Å²) >= 11 is 1.53. The van der Waals surface area contributed by atoms with E-state index < -0.39 is 29.5 Å². The summed E-state index contributed by atoms with van der Waals surface area (Å²) in [6.07, 6.45) is 3.51. The number of carboxylic acid groups (broad SMARTS) is 1. The molecule has 0 unspecified atom stereocenters. The van der Waals surface area contributed by atoms with Gasteiger partial charge in [0.2, 0.25) is 0 Å². The van der Waals surface area contributed by atoms with E-state index in [1.54, 1.807) is 10.9 Å². The van der Waals surface area contributed by atoms with Crippen LogP contribution in [0.15, 0.2) is 47.5 Å². The number of carbonyl (C=O) groups is 2. The predicted octanol–water partition coefficient (Wildman–Crippen LogP) is 1.35. The smallest absolute Gasteiger partial charge is 0.322 e. The van der Waals surface area contributed by atoms with E-state index >= 15 is 0 Å². The fourth-order valence-corrected chi connectivity index (χ4v) is 4.48. The van der Waals surface area contributed by atoms with Crippen LogP contribution in [0, 0.1) is 0 Å². The Kier molecular flexibility index (Phi) is 5.32. The van der Waals surface area contributed by atoms with E-state index in [0.717, 1.165) is 11.3 Å². The molecule has 10 heteroatoms. The standard InChI is InChI=1S/C20H18N4O5S/c25-16(26)8-21-19(28)17-18(27)14-10-30-11-15(14)23(20(17)29)9-12-2-4-13(5-3-12)24-7-1-6-22-24/h1-7,27H,8-11H2,(H,21,28)(H,25,26). The molecule has 1 aromatic carbocycles. The lowest BCUT2D eigenvalue weighted by Crippen LogP contribution is -2.37. The van der Waals surface area contributed by atoms with E-state index in [0.29, 0.717) is 22.8 Å². The minimum atomic E-state index is -1.24. The van der Waals surface area contributed by atoms with Crippen molar-refractivity contribution < 1.29 is 19.8 Å². The van der Waals surface area contributed by atoms with Gasteiger partial charge in [0.15, 0.2) is 0 Å². The molecule has 0 bridgehead atoms. The number of fused-ring (bicyclic) bond motifs is 1. The van der Waals surface area contributed by atoms with Crippen LogP contribution in [0.2, 0.25) is 0 Å². The van der Waals surface area contributed by atoms with Crippen molar-refractivity contribution in [1.82, 2.24) is 19.7 Å². The highest BCUT2D eigenvalue weighted by Crippen LogP contribution is 2.36. The molecule has 0 saturated heterocycles. The fourth-order valence-electron chi connectivity index (χ4n) is 3.35. The molecule has 0 spiro atoms. The lowest BCUT2D eigenvalue weighted by molar-refractivity contribution is -0.135. The third-order valence-corrected chi connectivity index (χ3v) is 5.78. The number of nitrogens with one attached hydrogen (secondary N) is 1. The number of benzene rings is 1. The van der Waals surface area contributed by atoms with Gasteiger partial charge in [-0.05, 0) is 23.8 Å². The number of hydrogen-bond acceptors (Lipinski definition) is 6. The Morgan fingerprint density at radius 2 is 1.97 bits per heavy atom. The number of aromatic hydroxyl groups is 1. The number of aliphatic carboxylic acids is 1. The molecule has 0 fully saturated rings. The highest BCUT2D eigenvalue weighted by atomic mass is 32.2. The second-order valence-corrected chi connectivity index (χ2v) is 7.71. The van der Waals surface area contributed by atoms with Crippen molar-refractivity contribution in [3.8, 4) is 11.4 Å². The molecular weight excluding hydrogens is 408 g/mol. The molecule has 3 N–H and O–H groups in total. The van der Waals surface area contributed by atoms with Gasteiger partial charge in [-0.1, -0.05) is 12.1 Å². The van der Waals surface area contributed by atoms with Gasteiger partial charge < -0.3 is 20.1 Å². The fraction of sp³-hybridized carbons (Fsp3) is 0.200. The average molecular weight is 426 g/mol. The quantitative estimate of drug-likeness (QED) is 0.543. The van der Waals surface area contributed by atoms with E-state index in [9.17, 15) is 19.5 Å². The van der Waals surface area contributed by atoms with Crippen LogP contribution in [0.4, 0.5) is 0 Å². The molecule has 3 heterocycles. The molecule has 154 valence electrons. The molecule has 9 nitrogen and oxygen atoms in total. The van der Waals surface area contributed by atoms with Crippen molar-refractivity contribution in [2.24, 2.45) is 0 Å². The number of rotatable bonds is 6.